The minimum Gasteiger partial charge on any atom is -0.321 e. The third kappa shape index (κ3) is 5.99. The molecule has 48 heavy (non-hydrogen) atoms. The molecule has 0 aromatic heterocycles. The van der Waals surface area contributed by atoms with Gasteiger partial charge in [0.2, 0.25) is 0 Å². The summed E-state index contributed by atoms with van der Waals surface area (Å²) in [5.74, 6) is -85.1. The number of amides is 2. The SMILES string of the molecule is O=C(Nc1ccc(NC(=O)C(F)(F)C(F)(F)C(F)(F)C(F)(F)C(F)(F)C(F)F)cc1)C(F)(F)C(F)(F)C(F)(F)C(F)(F)C(F)(F)C(F)F. The summed E-state index contributed by atoms with van der Waals surface area (Å²) in [6.07, 6.45) is -11.7. The molecule has 2 amide bonds. The van der Waals surface area contributed by atoms with Crippen molar-refractivity contribution >= 4 is 23.2 Å². The Hall–Kier alpha value is -3.52. The molecule has 28 heteroatoms. The van der Waals surface area contributed by atoms with Crippen molar-refractivity contribution in [3.05, 3.63) is 24.3 Å². The second-order valence-corrected chi connectivity index (χ2v) is 8.93. The van der Waals surface area contributed by atoms with Gasteiger partial charge in [0.25, 0.3) is 0 Å². The summed E-state index contributed by atoms with van der Waals surface area (Å²) >= 11 is 0. The fraction of sp³-hybridized carbons (Fsp3) is 0.600. The molecule has 1 aromatic rings. The number of halogens is 24. The van der Waals surface area contributed by atoms with E-state index in [1.54, 1.807) is 0 Å². The fourth-order valence-corrected chi connectivity index (χ4v) is 2.82. The molecule has 0 saturated heterocycles. The summed E-state index contributed by atoms with van der Waals surface area (Å²) in [6.45, 7) is 0. The monoisotopic (exact) mass is 764 g/mol. The maximum atomic E-state index is 13.9. The topological polar surface area (TPSA) is 58.2 Å². The number of carbonyl (C=O) groups excluding carboxylic acids is 2. The Bertz CT molecular complexity index is 1240. The maximum absolute atomic E-state index is 13.9. The van der Waals surface area contributed by atoms with E-state index in [0.717, 1.165) is 0 Å². The normalized spacial score (nSPS) is 15.2. The zero-order valence-electron chi connectivity index (χ0n) is 21.4. The van der Waals surface area contributed by atoms with Gasteiger partial charge in [-0.15, -0.1) is 0 Å². The predicted octanol–water partition coefficient (Wildman–Crippen LogP) is 8.45. The van der Waals surface area contributed by atoms with Crippen molar-refractivity contribution in [1.82, 2.24) is 0 Å². The number of hydrogen-bond donors (Lipinski definition) is 2. The predicted molar refractivity (Wildman–Crippen MR) is 105 cm³/mol. The van der Waals surface area contributed by atoms with Crippen LogP contribution in [0.5, 0.6) is 0 Å². The third-order valence-electron chi connectivity index (χ3n) is 5.72. The van der Waals surface area contributed by atoms with Gasteiger partial charge in [0.05, 0.1) is 0 Å². The Morgan fingerprint density at radius 1 is 0.396 bits per heavy atom. The molecule has 4 nitrogen and oxygen atoms in total. The Morgan fingerprint density at radius 2 is 0.604 bits per heavy atom. The van der Waals surface area contributed by atoms with Crippen LogP contribution in [0.4, 0.5) is 117 Å². The first-order valence-corrected chi connectivity index (χ1v) is 11.0. The number of hydrogen-bond acceptors (Lipinski definition) is 2. The number of rotatable bonds is 14. The van der Waals surface area contributed by atoms with Gasteiger partial charge in [0.15, 0.2) is 0 Å². The van der Waals surface area contributed by atoms with Crippen LogP contribution in [0.2, 0.25) is 0 Å². The van der Waals surface area contributed by atoms with E-state index in [2.05, 4.69) is 0 Å². The summed E-state index contributed by atoms with van der Waals surface area (Å²) in [5, 5.41) is 0.979. The van der Waals surface area contributed by atoms with Crippen LogP contribution in [0.1, 0.15) is 0 Å². The highest BCUT2D eigenvalue weighted by atomic mass is 19.4. The van der Waals surface area contributed by atoms with E-state index in [1.165, 1.54) is 0 Å². The Balaban J connectivity index is 3.31. The quantitative estimate of drug-likeness (QED) is 0.187. The molecule has 0 aliphatic rings. The summed E-state index contributed by atoms with van der Waals surface area (Å²) in [6, 6.07) is -0.493. The van der Waals surface area contributed by atoms with Crippen molar-refractivity contribution in [2.45, 2.75) is 72.1 Å². The number of benzene rings is 1. The highest BCUT2D eigenvalue weighted by molar-refractivity contribution is 5.99. The summed E-state index contributed by atoms with van der Waals surface area (Å²) in [7, 11) is 0. The van der Waals surface area contributed by atoms with E-state index in [4.69, 9.17) is 0 Å². The molecule has 0 radical (unpaired) electrons. The molecule has 278 valence electrons. The first-order chi connectivity index (χ1) is 20.9. The van der Waals surface area contributed by atoms with Gasteiger partial charge in [-0.3, -0.25) is 9.59 Å². The van der Waals surface area contributed by atoms with Gasteiger partial charge in [-0.2, -0.15) is 87.8 Å². The van der Waals surface area contributed by atoms with Crippen LogP contribution in [0.15, 0.2) is 24.3 Å². The largest absolute Gasteiger partial charge is 0.393 e. The summed E-state index contributed by atoms with van der Waals surface area (Å²) < 4.78 is 317. The van der Waals surface area contributed by atoms with Crippen molar-refractivity contribution in [3.8, 4) is 0 Å². The van der Waals surface area contributed by atoms with Gasteiger partial charge in [-0.05, 0) is 24.3 Å². The van der Waals surface area contributed by atoms with Crippen molar-refractivity contribution in [2.24, 2.45) is 0 Å². The first kappa shape index (κ1) is 42.5. The van der Waals surface area contributed by atoms with E-state index >= 15 is 0 Å². The van der Waals surface area contributed by atoms with E-state index in [-0.39, 0.29) is 24.3 Å². The van der Waals surface area contributed by atoms with Crippen LogP contribution in [0, 0.1) is 0 Å². The highest BCUT2D eigenvalue weighted by Gasteiger charge is 2.90. The van der Waals surface area contributed by atoms with Gasteiger partial charge in [0.1, 0.15) is 0 Å². The molecule has 0 unspecified atom stereocenters. The molecule has 1 aromatic carbocycles. The average Bonchev–Trinajstić information content (AvgIpc) is 2.92. The molecular weight excluding hydrogens is 756 g/mol. The molecule has 0 spiro atoms. The van der Waals surface area contributed by atoms with Crippen molar-refractivity contribution in [2.75, 3.05) is 10.6 Å². The van der Waals surface area contributed by atoms with Crippen LogP contribution < -0.4 is 10.6 Å². The highest BCUT2D eigenvalue weighted by Crippen LogP contribution is 2.59. The number of anilines is 2. The van der Waals surface area contributed by atoms with Crippen LogP contribution in [0.25, 0.3) is 0 Å². The number of nitrogens with one attached hydrogen (secondary N) is 2. The van der Waals surface area contributed by atoms with E-state index in [1.807, 2.05) is 0 Å². The molecule has 1 rings (SSSR count). The lowest BCUT2D eigenvalue weighted by molar-refractivity contribution is -0.406. The molecule has 2 N–H and O–H groups in total. The van der Waals surface area contributed by atoms with E-state index in [0.29, 0.717) is 10.6 Å². The third-order valence-corrected chi connectivity index (χ3v) is 5.72. The lowest BCUT2D eigenvalue weighted by Gasteiger charge is -2.38. The fourth-order valence-electron chi connectivity index (χ4n) is 2.82. The lowest BCUT2D eigenvalue weighted by Crippen LogP contribution is -2.70. The standard InChI is InChI=1S/C20H8F24N2O2/c21-7(22)11(25,26)15(33,34)19(41,42)17(37,38)13(29,30)9(47)45-5-1-2-6(4-3-5)46-10(48)14(31,32)18(39,40)20(43,44)16(35,36)12(27,28)8(23)24/h1-4,7-8H,(H,45,47)(H,46,48). The molecule has 0 saturated carbocycles. The Labute approximate surface area is 246 Å². The number of carbonyl (C=O) groups is 2. The zero-order chi connectivity index (χ0) is 38.7. The minimum absolute atomic E-state index is 0.123. The van der Waals surface area contributed by atoms with Crippen molar-refractivity contribution in [1.29, 1.82) is 0 Å². The zero-order valence-corrected chi connectivity index (χ0v) is 21.4. The first-order valence-electron chi connectivity index (χ1n) is 11.0. The molecule has 0 bridgehead atoms. The molecule has 0 atom stereocenters. The second kappa shape index (κ2) is 12.1. The van der Waals surface area contributed by atoms with Gasteiger partial charge in [-0.25, -0.2) is 17.6 Å². The van der Waals surface area contributed by atoms with Gasteiger partial charge < -0.3 is 10.6 Å². The molecular formula is C20H8F24N2O2. The maximum Gasteiger partial charge on any atom is 0.393 e. The lowest BCUT2D eigenvalue weighted by atomic mass is 9.94. The Kier molecular flexibility index (Phi) is 10.7. The van der Waals surface area contributed by atoms with E-state index in [9.17, 15) is 115 Å². The molecule has 0 heterocycles. The Morgan fingerprint density at radius 3 is 0.792 bits per heavy atom. The second-order valence-electron chi connectivity index (χ2n) is 8.93. The van der Waals surface area contributed by atoms with Gasteiger partial charge >= 0.3 is 83.9 Å². The van der Waals surface area contributed by atoms with E-state index < -0.39 is 95.3 Å². The molecule has 0 aliphatic heterocycles. The average molecular weight is 764 g/mol. The van der Waals surface area contributed by atoms with Crippen molar-refractivity contribution < 1.29 is 115 Å². The molecule has 0 aliphatic carbocycles. The summed E-state index contributed by atoms with van der Waals surface area (Å²) in [5.41, 5.74) is -3.00. The summed E-state index contributed by atoms with van der Waals surface area (Å²) in [4.78, 5) is 23.0. The van der Waals surface area contributed by atoms with Gasteiger partial charge in [-0.1, -0.05) is 0 Å². The molecule has 0 fully saturated rings. The van der Waals surface area contributed by atoms with Gasteiger partial charge in [0, 0.05) is 11.4 Å². The minimum atomic E-state index is -8.14. The smallest absolute Gasteiger partial charge is 0.321 e. The number of alkyl halides is 24. The van der Waals surface area contributed by atoms with Crippen LogP contribution >= 0.6 is 0 Å². The van der Waals surface area contributed by atoms with Crippen LogP contribution in [-0.2, 0) is 9.59 Å². The van der Waals surface area contributed by atoms with Crippen LogP contribution in [0.3, 0.4) is 0 Å². The van der Waals surface area contributed by atoms with Crippen LogP contribution in [-0.4, -0.2) is 83.9 Å². The van der Waals surface area contributed by atoms with Crippen molar-refractivity contribution in [3.63, 3.8) is 0 Å².